The predicted octanol–water partition coefficient (Wildman–Crippen LogP) is 4.08. The van der Waals surface area contributed by atoms with Gasteiger partial charge in [-0.05, 0) is 30.7 Å². The van der Waals surface area contributed by atoms with Crippen LogP contribution in [0.15, 0.2) is 48.5 Å². The molecule has 0 fully saturated rings. The number of nitro groups is 1. The Morgan fingerprint density at radius 2 is 1.79 bits per heavy atom. The van der Waals surface area contributed by atoms with Gasteiger partial charge in [0.2, 0.25) is 0 Å². The van der Waals surface area contributed by atoms with Crippen LogP contribution in [0, 0.1) is 10.1 Å². The van der Waals surface area contributed by atoms with Crippen LogP contribution in [-0.4, -0.2) is 48.7 Å². The number of rotatable bonds is 9. The second-order valence-electron chi connectivity index (χ2n) is 6.08. The van der Waals surface area contributed by atoms with Crippen molar-refractivity contribution in [2.45, 2.75) is 12.6 Å². The quantitative estimate of drug-likeness (QED) is 0.352. The molecule has 7 nitrogen and oxygen atoms in total. The van der Waals surface area contributed by atoms with Crippen molar-refractivity contribution in [3.05, 3.63) is 64.2 Å². The molecule has 2 rings (SSSR count). The molecule has 0 saturated heterocycles. The number of benzene rings is 2. The van der Waals surface area contributed by atoms with Crippen LogP contribution in [0.5, 0.6) is 11.5 Å². The summed E-state index contributed by atoms with van der Waals surface area (Å²) < 4.78 is 47.0. The lowest BCUT2D eigenvalue weighted by molar-refractivity contribution is -0.385. The summed E-state index contributed by atoms with van der Waals surface area (Å²) in [5, 5.41) is 11.2. The molecule has 0 aliphatic rings. The SMILES string of the molecule is CN(CCCOc1ccccc1)C(=O)c1cc(OCC(F)(F)F)ccc1[N+](=O)[O-]. The van der Waals surface area contributed by atoms with Crippen molar-refractivity contribution in [2.75, 3.05) is 26.8 Å². The van der Waals surface area contributed by atoms with E-state index in [0.29, 0.717) is 18.8 Å². The molecule has 0 heterocycles. The fourth-order valence-corrected chi connectivity index (χ4v) is 2.42. The van der Waals surface area contributed by atoms with Crippen molar-refractivity contribution >= 4 is 11.6 Å². The molecule has 10 heteroatoms. The molecule has 0 saturated carbocycles. The number of nitro benzene ring substituents is 1. The topological polar surface area (TPSA) is 81.9 Å². The number of amides is 1. The zero-order valence-corrected chi connectivity index (χ0v) is 15.5. The highest BCUT2D eigenvalue weighted by atomic mass is 19.4. The highest BCUT2D eigenvalue weighted by Crippen LogP contribution is 2.27. The molecule has 1 amide bonds. The third-order valence-corrected chi connectivity index (χ3v) is 3.79. The van der Waals surface area contributed by atoms with Crippen LogP contribution in [0.2, 0.25) is 0 Å². The van der Waals surface area contributed by atoms with Gasteiger partial charge in [-0.15, -0.1) is 0 Å². The summed E-state index contributed by atoms with van der Waals surface area (Å²) in [7, 11) is 1.44. The van der Waals surface area contributed by atoms with Gasteiger partial charge in [-0.1, -0.05) is 18.2 Å². The predicted molar refractivity (Wildman–Crippen MR) is 98.2 cm³/mol. The van der Waals surface area contributed by atoms with E-state index in [9.17, 15) is 28.1 Å². The molecule has 0 atom stereocenters. The number of hydrogen-bond donors (Lipinski definition) is 0. The standard InChI is InChI=1S/C19H19F3N2O5/c1-23(10-5-11-28-14-6-3-2-4-7-14)18(25)16-12-15(29-13-19(20,21)22)8-9-17(16)24(26)27/h2-4,6-9,12H,5,10-11,13H2,1H3. The number of para-hydroxylation sites is 1. The number of halogens is 3. The smallest absolute Gasteiger partial charge is 0.422 e. The van der Waals surface area contributed by atoms with E-state index in [2.05, 4.69) is 4.74 Å². The van der Waals surface area contributed by atoms with E-state index in [1.807, 2.05) is 18.2 Å². The van der Waals surface area contributed by atoms with Crippen LogP contribution >= 0.6 is 0 Å². The number of alkyl halides is 3. The molecule has 0 spiro atoms. The summed E-state index contributed by atoms with van der Waals surface area (Å²) in [5.74, 6) is -0.308. The molecule has 0 aliphatic carbocycles. The normalized spacial score (nSPS) is 11.0. The first-order valence-corrected chi connectivity index (χ1v) is 8.58. The molecule has 0 N–H and O–H groups in total. The van der Waals surface area contributed by atoms with E-state index in [1.165, 1.54) is 11.9 Å². The Morgan fingerprint density at radius 1 is 1.10 bits per heavy atom. The van der Waals surface area contributed by atoms with Gasteiger partial charge in [0.1, 0.15) is 17.1 Å². The van der Waals surface area contributed by atoms with E-state index < -0.39 is 29.3 Å². The maximum atomic E-state index is 12.6. The van der Waals surface area contributed by atoms with Crippen molar-refractivity contribution in [1.29, 1.82) is 0 Å². The van der Waals surface area contributed by atoms with Gasteiger partial charge in [0.25, 0.3) is 11.6 Å². The van der Waals surface area contributed by atoms with E-state index in [4.69, 9.17) is 4.74 Å². The Kier molecular flexibility index (Phi) is 7.40. The van der Waals surface area contributed by atoms with Gasteiger partial charge in [-0.25, -0.2) is 0 Å². The minimum absolute atomic E-state index is 0.233. The van der Waals surface area contributed by atoms with Crippen LogP contribution in [-0.2, 0) is 0 Å². The lowest BCUT2D eigenvalue weighted by Gasteiger charge is -2.18. The van der Waals surface area contributed by atoms with Crippen LogP contribution < -0.4 is 9.47 Å². The fourth-order valence-electron chi connectivity index (χ4n) is 2.42. The van der Waals surface area contributed by atoms with E-state index in [-0.39, 0.29) is 17.9 Å². The number of ether oxygens (including phenoxy) is 2. The van der Waals surface area contributed by atoms with Crippen molar-refractivity contribution in [3.8, 4) is 11.5 Å². The van der Waals surface area contributed by atoms with Gasteiger partial charge in [0.15, 0.2) is 6.61 Å². The van der Waals surface area contributed by atoms with E-state index in [0.717, 1.165) is 18.2 Å². The Bertz CT molecular complexity index is 843. The van der Waals surface area contributed by atoms with Crippen molar-refractivity contribution < 1.29 is 32.4 Å². The Hall–Kier alpha value is -3.30. The molecule has 0 unspecified atom stereocenters. The average molecular weight is 412 g/mol. The second kappa shape index (κ2) is 9.76. The van der Waals surface area contributed by atoms with Crippen LogP contribution in [0.1, 0.15) is 16.8 Å². The van der Waals surface area contributed by atoms with Crippen LogP contribution in [0.4, 0.5) is 18.9 Å². The Labute approximate surface area is 164 Å². The fraction of sp³-hybridized carbons (Fsp3) is 0.316. The lowest BCUT2D eigenvalue weighted by atomic mass is 10.1. The van der Waals surface area contributed by atoms with Crippen molar-refractivity contribution in [2.24, 2.45) is 0 Å². The molecule has 2 aromatic rings. The number of carbonyl (C=O) groups excluding carboxylic acids is 1. The molecule has 0 aliphatic heterocycles. The highest BCUT2D eigenvalue weighted by Gasteiger charge is 2.29. The van der Waals surface area contributed by atoms with Gasteiger partial charge in [0.05, 0.1) is 11.5 Å². The minimum Gasteiger partial charge on any atom is -0.494 e. The molecule has 0 aromatic heterocycles. The third-order valence-electron chi connectivity index (χ3n) is 3.79. The van der Waals surface area contributed by atoms with Crippen LogP contribution in [0.25, 0.3) is 0 Å². The Balaban J connectivity index is 2.01. The van der Waals surface area contributed by atoms with Gasteiger partial charge >= 0.3 is 6.18 Å². The summed E-state index contributed by atoms with van der Waals surface area (Å²) in [6.07, 6.45) is -4.11. The summed E-state index contributed by atoms with van der Waals surface area (Å²) in [4.78, 5) is 24.2. The number of carbonyl (C=O) groups is 1. The third kappa shape index (κ3) is 6.98. The molecule has 0 bridgehead atoms. The average Bonchev–Trinajstić information content (AvgIpc) is 2.68. The van der Waals surface area contributed by atoms with Gasteiger partial charge < -0.3 is 14.4 Å². The number of hydrogen-bond acceptors (Lipinski definition) is 5. The molecule has 0 radical (unpaired) electrons. The number of nitrogens with zero attached hydrogens (tertiary/aromatic N) is 2. The maximum Gasteiger partial charge on any atom is 0.422 e. The molecule has 156 valence electrons. The summed E-state index contributed by atoms with van der Waals surface area (Å²) in [5.41, 5.74) is -0.858. The summed E-state index contributed by atoms with van der Waals surface area (Å²) in [6, 6.07) is 12.0. The Morgan fingerprint density at radius 3 is 2.41 bits per heavy atom. The first-order valence-electron chi connectivity index (χ1n) is 8.58. The lowest BCUT2D eigenvalue weighted by Crippen LogP contribution is -2.29. The highest BCUT2D eigenvalue weighted by molar-refractivity contribution is 5.98. The maximum absolute atomic E-state index is 12.6. The summed E-state index contributed by atoms with van der Waals surface area (Å²) >= 11 is 0. The van der Waals surface area contributed by atoms with Crippen molar-refractivity contribution in [3.63, 3.8) is 0 Å². The van der Waals surface area contributed by atoms with Crippen molar-refractivity contribution in [1.82, 2.24) is 4.90 Å². The zero-order chi connectivity index (χ0) is 21.4. The van der Waals surface area contributed by atoms with Gasteiger partial charge in [0, 0.05) is 19.7 Å². The first kappa shape index (κ1) is 22.0. The molecular weight excluding hydrogens is 393 g/mol. The van der Waals surface area contributed by atoms with Crippen LogP contribution in [0.3, 0.4) is 0 Å². The molecular formula is C19H19F3N2O5. The minimum atomic E-state index is -4.57. The first-order chi connectivity index (χ1) is 13.7. The van der Waals surface area contributed by atoms with E-state index >= 15 is 0 Å². The summed E-state index contributed by atoms with van der Waals surface area (Å²) in [6.45, 7) is -1.01. The largest absolute Gasteiger partial charge is 0.494 e. The monoisotopic (exact) mass is 412 g/mol. The van der Waals surface area contributed by atoms with E-state index in [1.54, 1.807) is 12.1 Å². The van der Waals surface area contributed by atoms with Gasteiger partial charge in [-0.2, -0.15) is 13.2 Å². The van der Waals surface area contributed by atoms with Gasteiger partial charge in [-0.3, -0.25) is 14.9 Å². The molecule has 29 heavy (non-hydrogen) atoms. The molecule has 2 aromatic carbocycles. The zero-order valence-electron chi connectivity index (χ0n) is 15.5. The second-order valence-corrected chi connectivity index (χ2v) is 6.08.